The summed E-state index contributed by atoms with van der Waals surface area (Å²) in [6.07, 6.45) is 8.38. The molecular formula is C24H26FN3O3. The highest BCUT2D eigenvalue weighted by molar-refractivity contribution is 5.84. The molecule has 7 heteroatoms. The third kappa shape index (κ3) is 5.23. The molecular weight excluding hydrogens is 397 g/mol. The third-order valence-electron chi connectivity index (χ3n) is 5.46. The molecule has 1 heterocycles. The van der Waals surface area contributed by atoms with E-state index in [-0.39, 0.29) is 12.2 Å². The number of hydrogen-bond acceptors (Lipinski definition) is 5. The summed E-state index contributed by atoms with van der Waals surface area (Å²) in [5, 5.41) is 0. The van der Waals surface area contributed by atoms with Crippen molar-refractivity contribution in [1.82, 2.24) is 9.97 Å². The Balaban J connectivity index is 1.62. The number of aromatic amines is 1. The number of nitrogens with zero attached hydrogens (tertiary/aromatic N) is 1. The van der Waals surface area contributed by atoms with Crippen LogP contribution in [0.3, 0.4) is 0 Å². The van der Waals surface area contributed by atoms with Crippen LogP contribution < -0.4 is 10.2 Å². The number of ether oxygens (including phenoxy) is 1. The van der Waals surface area contributed by atoms with Crippen LogP contribution in [0.1, 0.15) is 56.7 Å². The first kappa shape index (κ1) is 20.9. The minimum absolute atomic E-state index is 0.225. The predicted molar refractivity (Wildman–Crippen MR) is 118 cm³/mol. The van der Waals surface area contributed by atoms with E-state index in [1.807, 2.05) is 6.07 Å². The Hall–Kier alpha value is -3.35. The molecule has 2 N–H and O–H groups in total. The number of carbonyl (C=O) groups excluding carboxylic acids is 1. The number of imidazole rings is 1. The lowest BCUT2D eigenvalue weighted by atomic mass is 9.89. The van der Waals surface area contributed by atoms with E-state index in [1.165, 1.54) is 43.5 Å². The van der Waals surface area contributed by atoms with Crippen LogP contribution in [0, 0.1) is 5.82 Å². The van der Waals surface area contributed by atoms with Crippen LogP contribution in [-0.4, -0.2) is 15.9 Å². The maximum atomic E-state index is 13.3. The number of rotatable bonds is 8. The number of H-pyrrole nitrogens is 1. The van der Waals surface area contributed by atoms with Crippen molar-refractivity contribution >= 4 is 22.7 Å². The number of fused-ring (bicyclic) bond motifs is 1. The Morgan fingerprint density at radius 2 is 2.00 bits per heavy atom. The number of allylic oxidation sites excluding steroid dienone is 1. The van der Waals surface area contributed by atoms with Gasteiger partial charge in [0.15, 0.2) is 5.75 Å². The van der Waals surface area contributed by atoms with Crippen LogP contribution in [0.4, 0.5) is 10.1 Å². The molecule has 31 heavy (non-hydrogen) atoms. The second-order valence-electron chi connectivity index (χ2n) is 7.78. The molecule has 1 fully saturated rings. The zero-order valence-corrected chi connectivity index (χ0v) is 17.3. The lowest BCUT2D eigenvalue weighted by Gasteiger charge is -2.18. The average Bonchev–Trinajstić information content (AvgIpc) is 3.21. The Labute approximate surface area is 180 Å². The lowest BCUT2D eigenvalue weighted by molar-refractivity contribution is -0.140. The van der Waals surface area contributed by atoms with Gasteiger partial charge in [-0.3, -0.25) is 0 Å². The molecule has 4 rings (SSSR count). The van der Waals surface area contributed by atoms with Crippen molar-refractivity contribution in [2.75, 3.05) is 5.48 Å². The summed E-state index contributed by atoms with van der Waals surface area (Å²) in [7, 11) is 0. The quantitative estimate of drug-likeness (QED) is 0.325. The van der Waals surface area contributed by atoms with Crippen molar-refractivity contribution in [2.45, 2.75) is 50.9 Å². The normalized spacial score (nSPS) is 14.4. The fourth-order valence-electron chi connectivity index (χ4n) is 3.80. The van der Waals surface area contributed by atoms with Gasteiger partial charge >= 0.3 is 5.97 Å². The number of nitrogens with one attached hydrogen (secondary N) is 2. The SMILES string of the molecule is C=CCCC(=O)ONc1cc2[nH]c(C3CCCCC3)nc2cc1Oc1ccc(F)cc1. The summed E-state index contributed by atoms with van der Waals surface area (Å²) in [6, 6.07) is 9.34. The van der Waals surface area contributed by atoms with Gasteiger partial charge in [-0.25, -0.2) is 19.6 Å². The number of hydrogen-bond donors (Lipinski definition) is 2. The Morgan fingerprint density at radius 3 is 2.74 bits per heavy atom. The van der Waals surface area contributed by atoms with Crippen molar-refractivity contribution < 1.29 is 18.8 Å². The molecule has 0 aliphatic heterocycles. The first-order valence-electron chi connectivity index (χ1n) is 10.7. The van der Waals surface area contributed by atoms with Gasteiger partial charge < -0.3 is 14.6 Å². The van der Waals surface area contributed by atoms with Crippen LogP contribution in [-0.2, 0) is 9.63 Å². The maximum Gasteiger partial charge on any atom is 0.332 e. The molecule has 0 amide bonds. The van der Waals surface area contributed by atoms with Crippen molar-refractivity contribution in [2.24, 2.45) is 0 Å². The van der Waals surface area contributed by atoms with Crippen molar-refractivity contribution in [1.29, 1.82) is 0 Å². The Bertz CT molecular complexity index is 1060. The third-order valence-corrected chi connectivity index (χ3v) is 5.46. The molecule has 0 saturated heterocycles. The molecule has 1 saturated carbocycles. The average molecular weight is 423 g/mol. The van der Waals surface area contributed by atoms with E-state index in [9.17, 15) is 9.18 Å². The number of anilines is 1. The van der Waals surface area contributed by atoms with E-state index >= 15 is 0 Å². The first-order chi connectivity index (χ1) is 15.1. The number of aromatic nitrogens is 2. The van der Waals surface area contributed by atoms with E-state index < -0.39 is 5.97 Å². The van der Waals surface area contributed by atoms with Gasteiger partial charge in [0.2, 0.25) is 0 Å². The fourth-order valence-corrected chi connectivity index (χ4v) is 3.80. The monoisotopic (exact) mass is 423 g/mol. The molecule has 0 spiro atoms. The summed E-state index contributed by atoms with van der Waals surface area (Å²) in [4.78, 5) is 25.3. The number of carbonyl (C=O) groups is 1. The van der Waals surface area contributed by atoms with Gasteiger partial charge in [-0.05, 0) is 49.6 Å². The molecule has 1 aliphatic rings. The highest BCUT2D eigenvalue weighted by Gasteiger charge is 2.20. The Morgan fingerprint density at radius 1 is 1.23 bits per heavy atom. The van der Waals surface area contributed by atoms with Crippen LogP contribution in [0.2, 0.25) is 0 Å². The zero-order valence-electron chi connectivity index (χ0n) is 17.3. The standard InChI is InChI=1S/C24H26FN3O3/c1-2-3-9-23(29)31-28-21-14-19-20(27-24(26-19)16-7-5-4-6-8-16)15-22(21)30-18-12-10-17(25)11-13-18/h2,10-16,28H,1,3-9H2,(H,26,27). The fraction of sp³-hybridized carbons (Fsp3) is 0.333. The highest BCUT2D eigenvalue weighted by Crippen LogP contribution is 2.36. The van der Waals surface area contributed by atoms with E-state index in [2.05, 4.69) is 17.0 Å². The zero-order chi connectivity index (χ0) is 21.6. The van der Waals surface area contributed by atoms with Crippen molar-refractivity contribution in [3.8, 4) is 11.5 Å². The van der Waals surface area contributed by atoms with Crippen molar-refractivity contribution in [3.63, 3.8) is 0 Å². The molecule has 162 valence electrons. The molecule has 2 aromatic carbocycles. The molecule has 1 aliphatic carbocycles. The van der Waals surface area contributed by atoms with Crippen molar-refractivity contribution in [3.05, 3.63) is 60.7 Å². The summed E-state index contributed by atoms with van der Waals surface area (Å²) < 4.78 is 19.2. The molecule has 0 radical (unpaired) electrons. The van der Waals surface area contributed by atoms with Gasteiger partial charge in [0, 0.05) is 12.0 Å². The molecule has 0 unspecified atom stereocenters. The van der Waals surface area contributed by atoms with Gasteiger partial charge in [-0.1, -0.05) is 25.3 Å². The minimum atomic E-state index is -0.403. The van der Waals surface area contributed by atoms with Gasteiger partial charge in [-0.15, -0.1) is 6.58 Å². The predicted octanol–water partition coefficient (Wildman–Crippen LogP) is 6.38. The molecule has 1 aromatic heterocycles. The second kappa shape index (κ2) is 9.64. The summed E-state index contributed by atoms with van der Waals surface area (Å²) in [5.41, 5.74) is 4.77. The smallest absolute Gasteiger partial charge is 0.332 e. The summed E-state index contributed by atoms with van der Waals surface area (Å²) >= 11 is 0. The van der Waals surface area contributed by atoms with Gasteiger partial charge in [0.1, 0.15) is 23.1 Å². The van der Waals surface area contributed by atoms with E-state index in [0.29, 0.717) is 29.5 Å². The van der Waals surface area contributed by atoms with Gasteiger partial charge in [0.25, 0.3) is 0 Å². The lowest BCUT2D eigenvalue weighted by Crippen LogP contribution is -2.10. The number of halogens is 1. The topological polar surface area (TPSA) is 76.2 Å². The van der Waals surface area contributed by atoms with E-state index in [1.54, 1.807) is 12.1 Å². The highest BCUT2D eigenvalue weighted by atomic mass is 19.1. The van der Waals surface area contributed by atoms with Crippen LogP contribution >= 0.6 is 0 Å². The van der Waals surface area contributed by atoms with E-state index in [0.717, 1.165) is 29.7 Å². The summed E-state index contributed by atoms with van der Waals surface area (Å²) in [5.74, 6) is 1.54. The van der Waals surface area contributed by atoms with Gasteiger partial charge in [-0.2, -0.15) is 0 Å². The molecule has 0 bridgehead atoms. The number of benzene rings is 2. The van der Waals surface area contributed by atoms with Crippen LogP contribution in [0.5, 0.6) is 11.5 Å². The van der Waals surface area contributed by atoms with Crippen LogP contribution in [0.15, 0.2) is 49.1 Å². The van der Waals surface area contributed by atoms with Gasteiger partial charge in [0.05, 0.1) is 17.5 Å². The first-order valence-corrected chi connectivity index (χ1v) is 10.7. The molecule has 3 aromatic rings. The maximum absolute atomic E-state index is 13.3. The molecule has 6 nitrogen and oxygen atoms in total. The minimum Gasteiger partial charge on any atom is -0.455 e. The molecule has 0 atom stereocenters. The second-order valence-corrected chi connectivity index (χ2v) is 7.78. The summed E-state index contributed by atoms with van der Waals surface area (Å²) in [6.45, 7) is 3.61. The van der Waals surface area contributed by atoms with E-state index in [4.69, 9.17) is 14.6 Å². The largest absolute Gasteiger partial charge is 0.455 e. The van der Waals surface area contributed by atoms with Crippen LogP contribution in [0.25, 0.3) is 11.0 Å². The Kier molecular flexibility index (Phi) is 6.50.